The number of nitro groups is 1. The van der Waals surface area contributed by atoms with Crippen molar-refractivity contribution < 1.29 is 18.1 Å². The number of nitro benzene ring substituents is 1. The average molecular weight is 329 g/mol. The Morgan fingerprint density at radius 3 is 2.68 bits per heavy atom. The molecule has 1 aromatic carbocycles. The Morgan fingerprint density at radius 2 is 2.14 bits per heavy atom. The van der Waals surface area contributed by atoms with Crippen LogP contribution in [0.3, 0.4) is 0 Å². The summed E-state index contributed by atoms with van der Waals surface area (Å²) in [7, 11) is -2.58. The topological polar surface area (TPSA) is 116 Å². The maximum Gasteiger partial charge on any atom is 0.293 e. The molecular formula is C13H19N3O5S. The van der Waals surface area contributed by atoms with Gasteiger partial charge in [0.15, 0.2) is 4.90 Å². The van der Waals surface area contributed by atoms with Gasteiger partial charge in [0.25, 0.3) is 5.69 Å². The van der Waals surface area contributed by atoms with Gasteiger partial charge in [0.05, 0.1) is 18.1 Å². The van der Waals surface area contributed by atoms with Crippen molar-refractivity contribution >= 4 is 15.7 Å². The summed E-state index contributed by atoms with van der Waals surface area (Å²) in [5.74, 6) is 0.237. The lowest BCUT2D eigenvalue weighted by Gasteiger charge is -2.34. The molecule has 0 radical (unpaired) electrons. The number of hydrogen-bond acceptors (Lipinski definition) is 6. The molecule has 2 unspecified atom stereocenters. The van der Waals surface area contributed by atoms with Crippen LogP contribution in [0.2, 0.25) is 0 Å². The zero-order chi connectivity index (χ0) is 16.5. The third-order valence-electron chi connectivity index (χ3n) is 3.91. The van der Waals surface area contributed by atoms with Crippen LogP contribution in [0.15, 0.2) is 23.1 Å². The van der Waals surface area contributed by atoms with E-state index in [0.717, 1.165) is 6.07 Å². The molecule has 1 aromatic rings. The average Bonchev–Trinajstić information content (AvgIpc) is 2.49. The third-order valence-corrected chi connectivity index (χ3v) is 5.83. The van der Waals surface area contributed by atoms with Gasteiger partial charge in [0, 0.05) is 19.1 Å². The van der Waals surface area contributed by atoms with Crippen LogP contribution in [-0.4, -0.2) is 43.9 Å². The van der Waals surface area contributed by atoms with Gasteiger partial charge >= 0.3 is 0 Å². The molecule has 8 nitrogen and oxygen atoms in total. The molecule has 0 aliphatic carbocycles. The number of ether oxygens (including phenoxy) is 1. The molecule has 1 aliphatic rings. The van der Waals surface area contributed by atoms with E-state index in [-0.39, 0.29) is 35.7 Å². The van der Waals surface area contributed by atoms with Crippen molar-refractivity contribution in [2.75, 3.05) is 20.2 Å². The van der Waals surface area contributed by atoms with Crippen molar-refractivity contribution in [2.45, 2.75) is 24.3 Å². The van der Waals surface area contributed by atoms with E-state index in [4.69, 9.17) is 10.5 Å². The molecule has 0 amide bonds. The fourth-order valence-corrected chi connectivity index (χ4v) is 4.16. The Morgan fingerprint density at radius 1 is 1.45 bits per heavy atom. The van der Waals surface area contributed by atoms with E-state index in [0.29, 0.717) is 6.42 Å². The minimum Gasteiger partial charge on any atom is -0.497 e. The molecule has 0 saturated carbocycles. The predicted molar refractivity (Wildman–Crippen MR) is 80.2 cm³/mol. The summed E-state index contributed by atoms with van der Waals surface area (Å²) in [6.07, 6.45) is 0.532. The number of methoxy groups -OCH3 is 1. The zero-order valence-electron chi connectivity index (χ0n) is 12.4. The van der Waals surface area contributed by atoms with Gasteiger partial charge in [0.2, 0.25) is 10.0 Å². The molecule has 0 aromatic heterocycles. The number of hydrogen-bond donors (Lipinski definition) is 1. The van der Waals surface area contributed by atoms with E-state index in [1.165, 1.54) is 23.5 Å². The normalized spacial score (nSPS) is 23.2. The standard InChI is InChI=1S/C13H19N3O5S/c1-9-8-15(6-5-11(9)14)22(19,20)13-4-3-10(21-2)7-12(13)16(17)18/h3-4,7,9,11H,5-6,8,14H2,1-2H3. The number of nitrogens with zero attached hydrogens (tertiary/aromatic N) is 2. The van der Waals surface area contributed by atoms with Crippen LogP contribution in [0.1, 0.15) is 13.3 Å². The van der Waals surface area contributed by atoms with Gasteiger partial charge < -0.3 is 10.5 Å². The molecule has 1 saturated heterocycles. The van der Waals surface area contributed by atoms with E-state index >= 15 is 0 Å². The maximum absolute atomic E-state index is 12.7. The zero-order valence-corrected chi connectivity index (χ0v) is 13.2. The van der Waals surface area contributed by atoms with Crippen LogP contribution in [0, 0.1) is 16.0 Å². The summed E-state index contributed by atoms with van der Waals surface area (Å²) < 4.78 is 31.6. The lowest BCUT2D eigenvalue weighted by atomic mass is 9.96. The van der Waals surface area contributed by atoms with Crippen molar-refractivity contribution in [3.05, 3.63) is 28.3 Å². The molecule has 2 atom stereocenters. The van der Waals surface area contributed by atoms with Crippen LogP contribution < -0.4 is 10.5 Å². The van der Waals surface area contributed by atoms with E-state index in [1.807, 2.05) is 6.92 Å². The molecule has 9 heteroatoms. The Balaban J connectivity index is 2.43. The molecule has 0 spiro atoms. The van der Waals surface area contributed by atoms with Gasteiger partial charge in [-0.1, -0.05) is 6.92 Å². The molecule has 122 valence electrons. The SMILES string of the molecule is COc1ccc(S(=O)(=O)N2CCC(N)C(C)C2)c([N+](=O)[O-])c1. The summed E-state index contributed by atoms with van der Waals surface area (Å²) in [6.45, 7) is 2.39. The van der Waals surface area contributed by atoms with Crippen molar-refractivity contribution in [1.82, 2.24) is 4.31 Å². The van der Waals surface area contributed by atoms with Crippen LogP contribution >= 0.6 is 0 Å². The van der Waals surface area contributed by atoms with Gasteiger partial charge in [-0.05, 0) is 24.5 Å². The Bertz CT molecular complexity index is 676. The summed E-state index contributed by atoms with van der Waals surface area (Å²) in [5.41, 5.74) is 5.41. The highest BCUT2D eigenvalue weighted by Gasteiger charge is 2.36. The first kappa shape index (κ1) is 16.7. The van der Waals surface area contributed by atoms with E-state index in [2.05, 4.69) is 0 Å². The Kier molecular flexibility index (Phi) is 4.69. The van der Waals surface area contributed by atoms with Crippen LogP contribution in [0.5, 0.6) is 5.75 Å². The summed E-state index contributed by atoms with van der Waals surface area (Å²) in [6, 6.07) is 3.67. The Hall–Kier alpha value is -1.71. The smallest absolute Gasteiger partial charge is 0.293 e. The van der Waals surface area contributed by atoms with Gasteiger partial charge in [0.1, 0.15) is 5.75 Å². The lowest BCUT2D eigenvalue weighted by Crippen LogP contribution is -2.48. The first-order valence-corrected chi connectivity index (χ1v) is 8.29. The van der Waals surface area contributed by atoms with Crippen molar-refractivity contribution in [3.8, 4) is 5.75 Å². The highest BCUT2D eigenvalue weighted by atomic mass is 32.2. The molecular weight excluding hydrogens is 310 g/mol. The van der Waals surface area contributed by atoms with E-state index < -0.39 is 20.6 Å². The molecule has 22 heavy (non-hydrogen) atoms. The number of benzene rings is 1. The second-order valence-corrected chi connectivity index (χ2v) is 7.29. The molecule has 2 rings (SSSR count). The minimum atomic E-state index is -3.94. The molecule has 1 aliphatic heterocycles. The highest BCUT2D eigenvalue weighted by Crippen LogP contribution is 2.32. The quantitative estimate of drug-likeness (QED) is 0.650. The number of sulfonamides is 1. The monoisotopic (exact) mass is 329 g/mol. The molecule has 2 N–H and O–H groups in total. The number of piperidine rings is 1. The highest BCUT2D eigenvalue weighted by molar-refractivity contribution is 7.89. The summed E-state index contributed by atoms with van der Waals surface area (Å²) >= 11 is 0. The third kappa shape index (κ3) is 3.06. The fraction of sp³-hybridized carbons (Fsp3) is 0.538. The fourth-order valence-electron chi connectivity index (χ4n) is 2.47. The van der Waals surface area contributed by atoms with Crippen molar-refractivity contribution in [2.24, 2.45) is 11.7 Å². The number of rotatable bonds is 4. The summed E-state index contributed by atoms with van der Waals surface area (Å²) in [4.78, 5) is 10.2. The first-order valence-electron chi connectivity index (χ1n) is 6.85. The molecule has 1 fully saturated rings. The predicted octanol–water partition coefficient (Wildman–Crippen LogP) is 0.961. The van der Waals surface area contributed by atoms with E-state index in [1.54, 1.807) is 0 Å². The minimum absolute atomic E-state index is 0.000768. The van der Waals surface area contributed by atoms with E-state index in [9.17, 15) is 18.5 Å². The van der Waals surface area contributed by atoms with Crippen LogP contribution in [0.25, 0.3) is 0 Å². The van der Waals surface area contributed by atoms with Gasteiger partial charge in [-0.2, -0.15) is 4.31 Å². The number of nitrogens with two attached hydrogens (primary N) is 1. The maximum atomic E-state index is 12.7. The van der Waals surface area contributed by atoms with Gasteiger partial charge in [-0.15, -0.1) is 0 Å². The van der Waals surface area contributed by atoms with Crippen LogP contribution in [0.4, 0.5) is 5.69 Å². The summed E-state index contributed by atoms with van der Waals surface area (Å²) in [5, 5.41) is 11.2. The van der Waals surface area contributed by atoms with Gasteiger partial charge in [-0.3, -0.25) is 10.1 Å². The first-order chi connectivity index (χ1) is 10.3. The van der Waals surface area contributed by atoms with Crippen LogP contribution in [-0.2, 0) is 10.0 Å². The second kappa shape index (κ2) is 6.19. The molecule has 0 bridgehead atoms. The largest absolute Gasteiger partial charge is 0.497 e. The van der Waals surface area contributed by atoms with Crippen molar-refractivity contribution in [1.29, 1.82) is 0 Å². The molecule has 1 heterocycles. The Labute approximate surface area is 129 Å². The lowest BCUT2D eigenvalue weighted by molar-refractivity contribution is -0.387. The van der Waals surface area contributed by atoms with Crippen molar-refractivity contribution in [3.63, 3.8) is 0 Å². The second-order valence-electron chi connectivity index (χ2n) is 5.38. The van der Waals surface area contributed by atoms with Gasteiger partial charge in [-0.25, -0.2) is 8.42 Å².